The Kier molecular flexibility index (Phi) is 14.6. The molecule has 0 radical (unpaired) electrons. The lowest BCUT2D eigenvalue weighted by molar-refractivity contribution is -0.239. The lowest BCUT2D eigenvalue weighted by Crippen LogP contribution is -2.56. The Balaban J connectivity index is 1.51. The Morgan fingerprint density at radius 3 is 1.54 bits per heavy atom. The van der Waals surface area contributed by atoms with Crippen molar-refractivity contribution in [2.75, 3.05) is 19.8 Å². The molecule has 0 saturated carbocycles. The van der Waals surface area contributed by atoms with Crippen molar-refractivity contribution in [1.82, 2.24) is 0 Å². The normalized spacial score (nSPS) is 24.1. The van der Waals surface area contributed by atoms with Crippen LogP contribution in [0.1, 0.15) is 35.6 Å². The Morgan fingerprint density at radius 1 is 0.625 bits per heavy atom. The summed E-state index contributed by atoms with van der Waals surface area (Å²) >= 11 is 0. The van der Waals surface area contributed by atoms with E-state index in [1.54, 1.807) is 0 Å². The van der Waals surface area contributed by atoms with Gasteiger partial charge in [0.1, 0.15) is 30.5 Å². The van der Waals surface area contributed by atoms with E-state index in [0.29, 0.717) is 26.2 Å². The molecule has 4 aromatic carbocycles. The number of hydrogen-bond donors (Lipinski definition) is 2. The highest BCUT2D eigenvalue weighted by Crippen LogP contribution is 2.28. The fraction of sp³-hybridized carbons (Fsp3) is 0.400. The molecule has 1 aliphatic heterocycles. The van der Waals surface area contributed by atoms with Crippen molar-refractivity contribution in [3.63, 3.8) is 0 Å². The molecule has 7 atom stereocenters. The first-order valence-electron chi connectivity index (χ1n) is 16.7. The van der Waals surface area contributed by atoms with Gasteiger partial charge in [-0.1, -0.05) is 121 Å². The summed E-state index contributed by atoms with van der Waals surface area (Å²) in [7, 11) is 0. The highest BCUT2D eigenvalue weighted by molar-refractivity contribution is 5.16. The zero-order chi connectivity index (χ0) is 33.4. The quantitative estimate of drug-likeness (QED) is 0.164. The smallest absolute Gasteiger partial charge is 0.115 e. The molecular weight excluding hydrogens is 608 g/mol. The molecule has 8 nitrogen and oxygen atoms in total. The molecule has 5 rings (SSSR count). The van der Waals surface area contributed by atoms with Gasteiger partial charge in [0.2, 0.25) is 0 Å². The third-order valence-electron chi connectivity index (χ3n) is 8.48. The van der Waals surface area contributed by atoms with Crippen molar-refractivity contribution in [2.45, 2.75) is 82.5 Å². The summed E-state index contributed by atoms with van der Waals surface area (Å²) < 4.78 is 39.6. The zero-order valence-electron chi connectivity index (χ0n) is 27.6. The van der Waals surface area contributed by atoms with Gasteiger partial charge in [0.25, 0.3) is 0 Å². The van der Waals surface area contributed by atoms with Crippen LogP contribution in [0.25, 0.3) is 0 Å². The van der Waals surface area contributed by atoms with Crippen LogP contribution in [0.2, 0.25) is 0 Å². The van der Waals surface area contributed by atoms with E-state index in [4.69, 9.17) is 28.4 Å². The second-order valence-electron chi connectivity index (χ2n) is 12.1. The fourth-order valence-electron chi connectivity index (χ4n) is 5.82. The zero-order valence-corrected chi connectivity index (χ0v) is 27.6. The molecular formula is C40H48O8. The van der Waals surface area contributed by atoms with Gasteiger partial charge in [-0.3, -0.25) is 0 Å². The van der Waals surface area contributed by atoms with Gasteiger partial charge in [0.15, 0.2) is 0 Å². The van der Waals surface area contributed by atoms with E-state index >= 15 is 0 Å². The Morgan fingerprint density at radius 2 is 1.06 bits per heavy atom. The van der Waals surface area contributed by atoms with E-state index in [1.807, 2.05) is 128 Å². The van der Waals surface area contributed by atoms with Crippen LogP contribution < -0.4 is 0 Å². The van der Waals surface area contributed by atoms with Crippen molar-refractivity contribution < 1.29 is 38.6 Å². The molecule has 2 N–H and O–H groups in total. The van der Waals surface area contributed by atoms with Gasteiger partial charge in [0, 0.05) is 6.61 Å². The highest BCUT2D eigenvalue weighted by Gasteiger charge is 2.43. The van der Waals surface area contributed by atoms with Crippen LogP contribution in [0.15, 0.2) is 121 Å². The van der Waals surface area contributed by atoms with Crippen LogP contribution in [0, 0.1) is 0 Å². The number of aliphatic hydroxyl groups is 2. The second kappa shape index (κ2) is 19.5. The second-order valence-corrected chi connectivity index (χ2v) is 12.1. The lowest BCUT2D eigenvalue weighted by Gasteiger charge is -2.42. The van der Waals surface area contributed by atoms with Crippen LogP contribution in [0.3, 0.4) is 0 Å². The molecule has 0 spiro atoms. The molecule has 0 aliphatic carbocycles. The van der Waals surface area contributed by atoms with E-state index in [2.05, 4.69) is 0 Å². The van der Waals surface area contributed by atoms with Crippen LogP contribution >= 0.6 is 0 Å². The third kappa shape index (κ3) is 11.1. The van der Waals surface area contributed by atoms with Crippen LogP contribution in [0.4, 0.5) is 0 Å². The van der Waals surface area contributed by atoms with E-state index in [9.17, 15) is 10.2 Å². The molecule has 1 aliphatic rings. The van der Waals surface area contributed by atoms with Crippen molar-refractivity contribution >= 4 is 0 Å². The summed E-state index contributed by atoms with van der Waals surface area (Å²) in [4.78, 5) is 0. The first-order chi connectivity index (χ1) is 23.6. The number of aliphatic hydroxyl groups excluding tert-OH is 2. The van der Waals surface area contributed by atoms with Gasteiger partial charge in [-0.15, -0.1) is 0 Å². The molecule has 2 unspecified atom stereocenters. The first-order valence-corrected chi connectivity index (χ1v) is 16.7. The maximum Gasteiger partial charge on any atom is 0.115 e. The fourth-order valence-corrected chi connectivity index (χ4v) is 5.82. The minimum atomic E-state index is -1.12. The number of hydrogen-bond acceptors (Lipinski definition) is 8. The summed E-state index contributed by atoms with van der Waals surface area (Å²) in [5.41, 5.74) is 4.03. The predicted octanol–water partition coefficient (Wildman–Crippen LogP) is 5.88. The maximum atomic E-state index is 10.9. The van der Waals surface area contributed by atoms with Gasteiger partial charge < -0.3 is 38.6 Å². The largest absolute Gasteiger partial charge is 0.394 e. The molecule has 0 aromatic heterocycles. The molecule has 48 heavy (non-hydrogen) atoms. The van der Waals surface area contributed by atoms with Gasteiger partial charge >= 0.3 is 0 Å². The van der Waals surface area contributed by atoms with Gasteiger partial charge in [0.05, 0.1) is 51.8 Å². The number of ether oxygens (including phenoxy) is 6. The first kappa shape index (κ1) is 35.9. The molecule has 256 valence electrons. The summed E-state index contributed by atoms with van der Waals surface area (Å²) in [5, 5.41) is 20.8. The Bertz CT molecular complexity index is 1410. The molecule has 1 fully saturated rings. The highest BCUT2D eigenvalue weighted by atomic mass is 16.6. The standard InChI is InChI=1S/C40H48O8/c1-30-38(45-26-32-16-8-3-9-17-32)40(47-28-34-20-12-5-13-21-34)39(46-27-33-18-10-4-11-19-33)37(29-43-25-31-14-6-2-7-15-31)48-36(22-23-44-30)35(42)24-41/h2-21,30,35-42H,22-29H2,1H3/t30-,35+,36?,37-,38?,39-,40-/m1/s1. The third-order valence-corrected chi connectivity index (χ3v) is 8.48. The van der Waals surface area contributed by atoms with Gasteiger partial charge in [-0.05, 0) is 35.6 Å². The van der Waals surface area contributed by atoms with Crippen molar-refractivity contribution in [3.05, 3.63) is 144 Å². The average molecular weight is 657 g/mol. The SMILES string of the molecule is C[C@H]1OCCC([C@@H](O)CO)O[C@H](COCc2ccccc2)[C@@H](OCc2ccccc2)[C@H](OCc2ccccc2)C1OCc1ccccc1. The Hall–Kier alpha value is -3.44. The molecule has 0 bridgehead atoms. The molecule has 1 saturated heterocycles. The molecule has 8 heteroatoms. The van der Waals surface area contributed by atoms with E-state index in [-0.39, 0.29) is 19.8 Å². The van der Waals surface area contributed by atoms with Crippen LogP contribution in [-0.4, -0.2) is 72.8 Å². The minimum Gasteiger partial charge on any atom is -0.394 e. The van der Waals surface area contributed by atoms with Crippen LogP contribution in [-0.2, 0) is 54.8 Å². The lowest BCUT2D eigenvalue weighted by atomic mass is 9.97. The number of rotatable bonds is 15. The molecule has 4 aromatic rings. The van der Waals surface area contributed by atoms with E-state index in [1.165, 1.54) is 0 Å². The van der Waals surface area contributed by atoms with Gasteiger partial charge in [-0.25, -0.2) is 0 Å². The van der Waals surface area contributed by atoms with Crippen LogP contribution in [0.5, 0.6) is 0 Å². The topological polar surface area (TPSA) is 95.8 Å². The predicted molar refractivity (Wildman–Crippen MR) is 183 cm³/mol. The van der Waals surface area contributed by atoms with Crippen molar-refractivity contribution in [1.29, 1.82) is 0 Å². The summed E-state index contributed by atoms with van der Waals surface area (Å²) in [6.07, 6.45) is -4.56. The van der Waals surface area contributed by atoms with Crippen molar-refractivity contribution in [3.8, 4) is 0 Å². The Labute approximate surface area is 284 Å². The van der Waals surface area contributed by atoms with E-state index < -0.39 is 49.3 Å². The summed E-state index contributed by atoms with van der Waals surface area (Å²) in [6.45, 7) is 3.24. The van der Waals surface area contributed by atoms with E-state index in [0.717, 1.165) is 22.3 Å². The summed E-state index contributed by atoms with van der Waals surface area (Å²) in [6, 6.07) is 39.8. The minimum absolute atomic E-state index is 0.148. The molecule has 1 heterocycles. The number of benzene rings is 4. The monoisotopic (exact) mass is 656 g/mol. The average Bonchev–Trinajstić information content (AvgIpc) is 3.14. The summed E-state index contributed by atoms with van der Waals surface area (Å²) in [5.74, 6) is 0. The van der Waals surface area contributed by atoms with Crippen molar-refractivity contribution in [2.24, 2.45) is 0 Å². The van der Waals surface area contributed by atoms with Gasteiger partial charge in [-0.2, -0.15) is 0 Å². The molecule has 0 amide bonds. The maximum absolute atomic E-state index is 10.9.